The van der Waals surface area contributed by atoms with Gasteiger partial charge in [-0.15, -0.1) is 0 Å². The first-order valence-electron chi connectivity index (χ1n) is 4.04. The molecule has 0 spiro atoms. The van der Waals surface area contributed by atoms with E-state index in [1.165, 1.54) is 0 Å². The van der Waals surface area contributed by atoms with Gasteiger partial charge in [-0.25, -0.2) is 0 Å². The zero-order valence-electron chi connectivity index (χ0n) is 7.14. The van der Waals surface area contributed by atoms with Gasteiger partial charge in [0.15, 0.2) is 0 Å². The third kappa shape index (κ3) is 2.77. The normalized spacial score (nSPS) is 12.0. The number of phenolic OH excluding ortho intramolecular Hbond substituents is 1. The Kier molecular flexibility index (Phi) is 3.30. The molecule has 0 aliphatic heterocycles. The van der Waals surface area contributed by atoms with Crippen LogP contribution in [0.25, 0.3) is 0 Å². The summed E-state index contributed by atoms with van der Waals surface area (Å²) in [6, 6.07) is 8.70. The van der Waals surface area contributed by atoms with Gasteiger partial charge in [-0.2, -0.15) is 5.26 Å². The van der Waals surface area contributed by atoms with E-state index in [2.05, 4.69) is 0 Å². The van der Waals surface area contributed by atoms with Crippen LogP contribution in [0, 0.1) is 17.2 Å². The second-order valence-electron chi connectivity index (χ2n) is 2.88. The fourth-order valence-corrected chi connectivity index (χ4v) is 1.12. The lowest BCUT2D eigenvalue weighted by atomic mass is 10.0. The summed E-state index contributed by atoms with van der Waals surface area (Å²) < 4.78 is 0. The fourth-order valence-electron chi connectivity index (χ4n) is 1.12. The Bertz CT molecular complexity index is 317. The minimum absolute atomic E-state index is 0.147. The van der Waals surface area contributed by atoms with E-state index >= 15 is 0 Å². The minimum Gasteiger partial charge on any atom is -0.508 e. The molecule has 3 nitrogen and oxygen atoms in total. The maximum Gasteiger partial charge on any atom is 0.115 e. The van der Waals surface area contributed by atoms with Crippen LogP contribution in [0.2, 0.25) is 0 Å². The van der Waals surface area contributed by atoms with Crippen LogP contribution in [0.4, 0.5) is 0 Å². The van der Waals surface area contributed by atoms with Crippen molar-refractivity contribution in [3.8, 4) is 11.8 Å². The van der Waals surface area contributed by atoms with E-state index in [9.17, 15) is 0 Å². The van der Waals surface area contributed by atoms with Crippen LogP contribution in [0.15, 0.2) is 24.3 Å². The standard InChI is InChI=1S/C10H11NO2/c11-6-9(7-12)4-8-2-1-3-10(13)5-8/h1-3,5,9,12-13H,4,7H2. The molecule has 0 amide bonds. The third-order valence-electron chi connectivity index (χ3n) is 1.80. The molecule has 1 atom stereocenters. The van der Waals surface area contributed by atoms with Gasteiger partial charge in [0.25, 0.3) is 0 Å². The summed E-state index contributed by atoms with van der Waals surface area (Å²) in [5.74, 6) is -0.200. The van der Waals surface area contributed by atoms with Crippen molar-refractivity contribution in [2.45, 2.75) is 6.42 Å². The molecule has 0 fully saturated rings. The van der Waals surface area contributed by atoms with Gasteiger partial charge in [-0.05, 0) is 24.1 Å². The largest absolute Gasteiger partial charge is 0.508 e. The van der Waals surface area contributed by atoms with E-state index in [-0.39, 0.29) is 18.3 Å². The zero-order chi connectivity index (χ0) is 9.68. The van der Waals surface area contributed by atoms with Crippen molar-refractivity contribution < 1.29 is 10.2 Å². The SMILES string of the molecule is N#CC(CO)Cc1cccc(O)c1. The molecule has 0 radical (unpaired) electrons. The highest BCUT2D eigenvalue weighted by atomic mass is 16.3. The molecule has 1 aromatic carbocycles. The highest BCUT2D eigenvalue weighted by molar-refractivity contribution is 5.27. The molecule has 13 heavy (non-hydrogen) atoms. The van der Waals surface area contributed by atoms with Crippen molar-refractivity contribution >= 4 is 0 Å². The maximum atomic E-state index is 9.13. The quantitative estimate of drug-likeness (QED) is 0.725. The Labute approximate surface area is 76.9 Å². The molecule has 0 aromatic heterocycles. The first-order valence-corrected chi connectivity index (χ1v) is 4.04. The number of hydrogen-bond donors (Lipinski definition) is 2. The lowest BCUT2D eigenvalue weighted by Crippen LogP contribution is -2.06. The molecular formula is C10H11NO2. The predicted octanol–water partition coefficient (Wildman–Crippen LogP) is 1.07. The molecule has 2 N–H and O–H groups in total. The first-order chi connectivity index (χ1) is 6.26. The summed E-state index contributed by atoms with van der Waals surface area (Å²) in [5, 5.41) is 26.5. The second-order valence-corrected chi connectivity index (χ2v) is 2.88. The Morgan fingerprint density at radius 2 is 2.23 bits per heavy atom. The van der Waals surface area contributed by atoms with Gasteiger partial charge in [0.2, 0.25) is 0 Å². The van der Waals surface area contributed by atoms with Crippen molar-refractivity contribution in [2.24, 2.45) is 5.92 Å². The minimum atomic E-state index is -0.387. The third-order valence-corrected chi connectivity index (χ3v) is 1.80. The van der Waals surface area contributed by atoms with Crippen molar-refractivity contribution in [1.29, 1.82) is 5.26 Å². The van der Waals surface area contributed by atoms with Crippen molar-refractivity contribution in [3.05, 3.63) is 29.8 Å². The van der Waals surface area contributed by atoms with Crippen molar-refractivity contribution in [1.82, 2.24) is 0 Å². The fraction of sp³-hybridized carbons (Fsp3) is 0.300. The highest BCUT2D eigenvalue weighted by Crippen LogP contribution is 2.14. The van der Waals surface area contributed by atoms with Crippen LogP contribution in [-0.4, -0.2) is 16.8 Å². The number of aliphatic hydroxyl groups is 1. The van der Waals surface area contributed by atoms with Gasteiger partial charge in [-0.1, -0.05) is 12.1 Å². The summed E-state index contributed by atoms with van der Waals surface area (Å²) in [5.41, 5.74) is 0.862. The topological polar surface area (TPSA) is 64.2 Å². The van der Waals surface area contributed by atoms with Gasteiger partial charge < -0.3 is 10.2 Å². The Morgan fingerprint density at radius 3 is 2.77 bits per heavy atom. The van der Waals surface area contributed by atoms with E-state index in [0.717, 1.165) is 5.56 Å². The maximum absolute atomic E-state index is 9.13. The van der Waals surface area contributed by atoms with Gasteiger partial charge in [0, 0.05) is 0 Å². The lowest BCUT2D eigenvalue weighted by molar-refractivity contribution is 0.255. The summed E-state index contributed by atoms with van der Waals surface area (Å²) >= 11 is 0. The van der Waals surface area contributed by atoms with Crippen LogP contribution < -0.4 is 0 Å². The average Bonchev–Trinajstić information content (AvgIpc) is 2.14. The molecule has 0 aliphatic carbocycles. The van der Waals surface area contributed by atoms with Crippen LogP contribution in [0.3, 0.4) is 0 Å². The van der Waals surface area contributed by atoms with Crippen LogP contribution in [-0.2, 0) is 6.42 Å². The van der Waals surface area contributed by atoms with Gasteiger partial charge in [0.1, 0.15) is 5.75 Å². The number of rotatable bonds is 3. The zero-order valence-corrected chi connectivity index (χ0v) is 7.14. The van der Waals surface area contributed by atoms with Crippen molar-refractivity contribution in [3.63, 3.8) is 0 Å². The van der Waals surface area contributed by atoms with E-state index < -0.39 is 0 Å². The van der Waals surface area contributed by atoms with E-state index in [0.29, 0.717) is 6.42 Å². The summed E-state index contributed by atoms with van der Waals surface area (Å²) in [6.07, 6.45) is 0.474. The molecule has 0 saturated heterocycles. The van der Waals surface area contributed by atoms with E-state index in [1.54, 1.807) is 18.2 Å². The Balaban J connectivity index is 2.69. The highest BCUT2D eigenvalue weighted by Gasteiger charge is 2.06. The van der Waals surface area contributed by atoms with Gasteiger partial charge in [0.05, 0.1) is 18.6 Å². The molecule has 3 heteroatoms. The van der Waals surface area contributed by atoms with Crippen LogP contribution in [0.5, 0.6) is 5.75 Å². The number of nitriles is 1. The lowest BCUT2D eigenvalue weighted by Gasteiger charge is -2.04. The molecule has 1 aromatic rings. The Morgan fingerprint density at radius 1 is 1.46 bits per heavy atom. The number of aromatic hydroxyl groups is 1. The summed E-state index contributed by atoms with van der Waals surface area (Å²) in [6.45, 7) is -0.147. The molecule has 1 unspecified atom stereocenters. The first kappa shape index (κ1) is 9.56. The predicted molar refractivity (Wildman–Crippen MR) is 48.0 cm³/mol. The van der Waals surface area contributed by atoms with Gasteiger partial charge in [-0.3, -0.25) is 0 Å². The second kappa shape index (κ2) is 4.48. The Hall–Kier alpha value is -1.53. The smallest absolute Gasteiger partial charge is 0.115 e. The molecule has 0 saturated carbocycles. The van der Waals surface area contributed by atoms with Crippen LogP contribution in [0.1, 0.15) is 5.56 Å². The van der Waals surface area contributed by atoms with Gasteiger partial charge >= 0.3 is 0 Å². The molecular weight excluding hydrogens is 166 g/mol. The number of phenols is 1. The number of aliphatic hydroxyl groups excluding tert-OH is 1. The molecule has 0 aliphatic rings. The number of nitrogens with zero attached hydrogens (tertiary/aromatic N) is 1. The van der Waals surface area contributed by atoms with E-state index in [1.807, 2.05) is 12.1 Å². The molecule has 1 rings (SSSR count). The molecule has 68 valence electrons. The molecule has 0 heterocycles. The summed E-state index contributed by atoms with van der Waals surface area (Å²) in [4.78, 5) is 0. The molecule has 0 bridgehead atoms. The monoisotopic (exact) mass is 177 g/mol. The average molecular weight is 177 g/mol. The van der Waals surface area contributed by atoms with E-state index in [4.69, 9.17) is 15.5 Å². The summed E-state index contributed by atoms with van der Waals surface area (Å²) in [7, 11) is 0. The number of hydrogen-bond acceptors (Lipinski definition) is 3. The van der Waals surface area contributed by atoms with Crippen molar-refractivity contribution in [2.75, 3.05) is 6.61 Å². The number of benzene rings is 1. The van der Waals surface area contributed by atoms with Crippen LogP contribution >= 0.6 is 0 Å².